The summed E-state index contributed by atoms with van der Waals surface area (Å²) in [6.07, 6.45) is 0. The van der Waals surface area contributed by atoms with Gasteiger partial charge in [-0.15, -0.1) is 0 Å². The molecular formula is C7H9NO5S2. The molecule has 0 aliphatic heterocycles. The minimum atomic E-state index is -4.42. The molecule has 0 bridgehead atoms. The standard InChI is InChI=1S/C7H9NO5S2/c1-5-2-3-6(15(11,12)13)4-7(5)14(8,9)10/h2-4H,1H3,(H2,8,9,10)(H,11,12,13). The Kier molecular flexibility index (Phi) is 2.88. The van der Waals surface area contributed by atoms with Gasteiger partial charge in [0.2, 0.25) is 10.0 Å². The van der Waals surface area contributed by atoms with Crippen LogP contribution in [0.4, 0.5) is 0 Å². The number of benzene rings is 1. The van der Waals surface area contributed by atoms with E-state index < -0.39 is 25.0 Å². The molecule has 8 heteroatoms. The highest BCUT2D eigenvalue weighted by atomic mass is 32.2. The van der Waals surface area contributed by atoms with Gasteiger partial charge in [-0.25, -0.2) is 13.6 Å². The van der Waals surface area contributed by atoms with Gasteiger partial charge in [0.05, 0.1) is 9.79 Å². The number of aryl methyl sites for hydroxylation is 1. The second kappa shape index (κ2) is 3.56. The van der Waals surface area contributed by atoms with E-state index in [1.165, 1.54) is 13.0 Å². The fourth-order valence-electron chi connectivity index (χ4n) is 1.05. The molecule has 0 amide bonds. The van der Waals surface area contributed by atoms with Gasteiger partial charge in [0.25, 0.3) is 10.1 Å². The third-order valence-corrected chi connectivity index (χ3v) is 3.67. The second-order valence-corrected chi connectivity index (χ2v) is 5.90. The van der Waals surface area contributed by atoms with E-state index in [1.807, 2.05) is 0 Å². The molecule has 84 valence electrons. The SMILES string of the molecule is Cc1ccc(S(=O)(=O)O)cc1S(N)(=O)=O. The number of rotatable bonds is 2. The van der Waals surface area contributed by atoms with Crippen molar-refractivity contribution in [3.8, 4) is 0 Å². The third-order valence-electron chi connectivity index (χ3n) is 1.76. The monoisotopic (exact) mass is 251 g/mol. The van der Waals surface area contributed by atoms with Crippen LogP contribution in [0.15, 0.2) is 28.0 Å². The minimum absolute atomic E-state index is 0.310. The van der Waals surface area contributed by atoms with E-state index in [2.05, 4.69) is 0 Å². The topological polar surface area (TPSA) is 115 Å². The van der Waals surface area contributed by atoms with E-state index in [0.29, 0.717) is 5.56 Å². The molecule has 1 aromatic rings. The summed E-state index contributed by atoms with van der Waals surface area (Å²) in [6, 6.07) is 3.17. The van der Waals surface area contributed by atoms with Gasteiger partial charge in [-0.05, 0) is 24.6 Å². The smallest absolute Gasteiger partial charge is 0.282 e. The summed E-state index contributed by atoms with van der Waals surface area (Å²) in [7, 11) is -8.41. The molecule has 1 aromatic carbocycles. The first-order chi connectivity index (χ1) is 6.62. The number of sulfonamides is 1. The van der Waals surface area contributed by atoms with Crippen molar-refractivity contribution in [1.82, 2.24) is 0 Å². The molecule has 0 saturated carbocycles. The number of nitrogens with two attached hydrogens (primary N) is 1. The zero-order valence-electron chi connectivity index (χ0n) is 7.71. The lowest BCUT2D eigenvalue weighted by Gasteiger charge is -2.04. The highest BCUT2D eigenvalue weighted by Gasteiger charge is 2.16. The van der Waals surface area contributed by atoms with Crippen LogP contribution in [0, 0.1) is 6.92 Å². The van der Waals surface area contributed by atoms with Crippen LogP contribution in [0.5, 0.6) is 0 Å². The Morgan fingerprint density at radius 3 is 2.13 bits per heavy atom. The minimum Gasteiger partial charge on any atom is -0.282 e. The number of hydrogen-bond acceptors (Lipinski definition) is 4. The zero-order valence-corrected chi connectivity index (χ0v) is 9.34. The first-order valence-electron chi connectivity index (χ1n) is 3.73. The van der Waals surface area contributed by atoms with Gasteiger partial charge < -0.3 is 0 Å². The first kappa shape index (κ1) is 12.1. The third kappa shape index (κ3) is 2.75. The van der Waals surface area contributed by atoms with E-state index in [4.69, 9.17) is 9.69 Å². The molecule has 0 radical (unpaired) electrons. The van der Waals surface area contributed by atoms with Crippen LogP contribution in [-0.2, 0) is 20.1 Å². The quantitative estimate of drug-likeness (QED) is 0.711. The van der Waals surface area contributed by atoms with E-state index in [0.717, 1.165) is 12.1 Å². The number of hydrogen-bond donors (Lipinski definition) is 2. The Balaban J connectivity index is 3.57. The molecule has 3 N–H and O–H groups in total. The average Bonchev–Trinajstić information content (AvgIpc) is 2.00. The fraction of sp³-hybridized carbons (Fsp3) is 0.143. The Bertz CT molecular complexity index is 588. The van der Waals surface area contributed by atoms with Crippen LogP contribution in [0.25, 0.3) is 0 Å². The summed E-state index contributed by atoms with van der Waals surface area (Å²) in [4.78, 5) is -0.824. The summed E-state index contributed by atoms with van der Waals surface area (Å²) >= 11 is 0. The Hall–Kier alpha value is -0.960. The maximum atomic E-state index is 11.0. The Morgan fingerprint density at radius 2 is 1.73 bits per heavy atom. The largest absolute Gasteiger partial charge is 0.294 e. The van der Waals surface area contributed by atoms with Gasteiger partial charge in [0, 0.05) is 0 Å². The predicted octanol–water partition coefficient (Wildman–Crippen LogP) is -0.111. The van der Waals surface area contributed by atoms with Crippen LogP contribution < -0.4 is 5.14 Å². The molecular weight excluding hydrogens is 242 g/mol. The van der Waals surface area contributed by atoms with Crippen molar-refractivity contribution in [1.29, 1.82) is 0 Å². The molecule has 0 aliphatic rings. The summed E-state index contributed by atoms with van der Waals surface area (Å²) in [5.41, 5.74) is 0.310. The lowest BCUT2D eigenvalue weighted by Crippen LogP contribution is -2.14. The maximum Gasteiger partial charge on any atom is 0.294 e. The predicted molar refractivity (Wildman–Crippen MR) is 52.4 cm³/mol. The molecule has 0 aromatic heterocycles. The number of primary sulfonamides is 1. The van der Waals surface area contributed by atoms with Crippen molar-refractivity contribution in [3.63, 3.8) is 0 Å². The van der Waals surface area contributed by atoms with Gasteiger partial charge in [-0.3, -0.25) is 4.55 Å². The van der Waals surface area contributed by atoms with Gasteiger partial charge in [-0.2, -0.15) is 8.42 Å². The Morgan fingerprint density at radius 1 is 1.20 bits per heavy atom. The van der Waals surface area contributed by atoms with E-state index in [-0.39, 0.29) is 4.90 Å². The summed E-state index contributed by atoms with van der Waals surface area (Å²) in [6.45, 7) is 1.47. The summed E-state index contributed by atoms with van der Waals surface area (Å²) in [5.74, 6) is 0. The molecule has 15 heavy (non-hydrogen) atoms. The maximum absolute atomic E-state index is 11.0. The fourth-order valence-corrected chi connectivity index (χ4v) is 2.44. The van der Waals surface area contributed by atoms with Gasteiger partial charge in [0.1, 0.15) is 0 Å². The van der Waals surface area contributed by atoms with E-state index in [9.17, 15) is 16.8 Å². The molecule has 0 heterocycles. The lowest BCUT2D eigenvalue weighted by molar-refractivity contribution is 0.483. The second-order valence-electron chi connectivity index (χ2n) is 2.95. The van der Waals surface area contributed by atoms with Gasteiger partial charge >= 0.3 is 0 Å². The molecule has 0 fully saturated rings. The zero-order chi connectivity index (χ0) is 11.9. The first-order valence-corrected chi connectivity index (χ1v) is 6.72. The molecule has 0 unspecified atom stereocenters. The lowest BCUT2D eigenvalue weighted by atomic mass is 10.2. The van der Waals surface area contributed by atoms with Gasteiger partial charge in [-0.1, -0.05) is 6.07 Å². The normalized spacial score (nSPS) is 12.7. The van der Waals surface area contributed by atoms with Crippen LogP contribution >= 0.6 is 0 Å². The summed E-state index contributed by atoms with van der Waals surface area (Å²) < 4.78 is 52.3. The van der Waals surface area contributed by atoms with Crippen molar-refractivity contribution in [2.45, 2.75) is 16.7 Å². The van der Waals surface area contributed by atoms with Crippen molar-refractivity contribution >= 4 is 20.1 Å². The van der Waals surface area contributed by atoms with Crippen molar-refractivity contribution in [2.24, 2.45) is 5.14 Å². The van der Waals surface area contributed by atoms with Crippen LogP contribution in [0.2, 0.25) is 0 Å². The highest BCUT2D eigenvalue weighted by molar-refractivity contribution is 7.89. The van der Waals surface area contributed by atoms with Crippen LogP contribution in [0.3, 0.4) is 0 Å². The average molecular weight is 251 g/mol. The van der Waals surface area contributed by atoms with E-state index >= 15 is 0 Å². The van der Waals surface area contributed by atoms with Crippen molar-refractivity contribution in [3.05, 3.63) is 23.8 Å². The molecule has 0 saturated heterocycles. The highest BCUT2D eigenvalue weighted by Crippen LogP contribution is 2.18. The summed E-state index contributed by atoms with van der Waals surface area (Å²) in [5, 5.41) is 4.87. The van der Waals surface area contributed by atoms with Crippen LogP contribution in [0.1, 0.15) is 5.56 Å². The van der Waals surface area contributed by atoms with Crippen molar-refractivity contribution in [2.75, 3.05) is 0 Å². The van der Waals surface area contributed by atoms with Crippen molar-refractivity contribution < 1.29 is 21.4 Å². The van der Waals surface area contributed by atoms with Crippen LogP contribution in [-0.4, -0.2) is 21.4 Å². The molecule has 0 aliphatic carbocycles. The molecule has 1 rings (SSSR count). The van der Waals surface area contributed by atoms with E-state index in [1.54, 1.807) is 0 Å². The molecule has 0 atom stereocenters. The Labute approximate surface area is 87.5 Å². The van der Waals surface area contributed by atoms with Gasteiger partial charge in [0.15, 0.2) is 0 Å². The molecule has 0 spiro atoms. The molecule has 6 nitrogen and oxygen atoms in total.